The molecule has 0 spiro atoms. The van der Waals surface area contributed by atoms with Crippen molar-refractivity contribution < 1.29 is 0 Å². The molecule has 0 saturated heterocycles. The van der Waals surface area contributed by atoms with Crippen LogP contribution in [0.4, 0.5) is 0 Å². The van der Waals surface area contributed by atoms with E-state index in [-0.39, 0.29) is 0 Å². The lowest BCUT2D eigenvalue weighted by Crippen LogP contribution is -2.20. The Morgan fingerprint density at radius 1 is 1.20 bits per heavy atom. The maximum absolute atomic E-state index is 5.65. The summed E-state index contributed by atoms with van der Waals surface area (Å²) in [6.07, 6.45) is 6.42. The molecule has 0 nitrogen and oxygen atoms in total. The van der Waals surface area contributed by atoms with Crippen LogP contribution in [0.25, 0.3) is 0 Å². The number of hydrogen-bond donors (Lipinski definition) is 0. The summed E-state index contributed by atoms with van der Waals surface area (Å²) in [5.74, 6) is 1.66. The summed E-state index contributed by atoms with van der Waals surface area (Å²) < 4.78 is 0. The van der Waals surface area contributed by atoms with E-state index in [1.807, 2.05) is 0 Å². The molecule has 1 aliphatic rings. The number of halogens is 1. The molecule has 0 heterocycles. The van der Waals surface area contributed by atoms with Gasteiger partial charge < -0.3 is 0 Å². The summed E-state index contributed by atoms with van der Waals surface area (Å²) in [4.78, 5) is 0. The molecule has 2 heteroatoms. The summed E-state index contributed by atoms with van der Waals surface area (Å²) in [6, 6.07) is 0. The van der Waals surface area contributed by atoms with Gasteiger partial charge in [0, 0.05) is 5.33 Å². The van der Waals surface area contributed by atoms with Gasteiger partial charge in [0.25, 0.3) is 0 Å². The molecule has 56 valence electrons. The highest BCUT2D eigenvalue weighted by molar-refractivity contribution is 9.09. The first-order valence-electron chi connectivity index (χ1n) is 4.14. The van der Waals surface area contributed by atoms with Gasteiger partial charge in [-0.1, -0.05) is 41.5 Å². The lowest BCUT2D eigenvalue weighted by Gasteiger charge is -2.29. The van der Waals surface area contributed by atoms with E-state index in [0.717, 1.165) is 23.5 Å². The van der Waals surface area contributed by atoms with E-state index in [1.165, 1.54) is 25.7 Å². The lowest BCUT2D eigenvalue weighted by atomic mass is 9.74. The standard InChI is InChI=1S/C8H14BBr/c9-5-7-3-1-2-4-8(7)6-10/h7-8H,1-6H2/t7-,8-/m1/s1. The summed E-state index contributed by atoms with van der Waals surface area (Å²) in [5, 5.41) is 1.15. The Morgan fingerprint density at radius 3 is 2.20 bits per heavy atom. The Bertz CT molecular complexity index is 83.3. The van der Waals surface area contributed by atoms with E-state index in [9.17, 15) is 0 Å². The van der Waals surface area contributed by atoms with Crippen molar-refractivity contribution in [1.29, 1.82) is 0 Å². The maximum Gasteiger partial charge on any atom is 0.0656 e. The van der Waals surface area contributed by atoms with Gasteiger partial charge in [0.15, 0.2) is 0 Å². The summed E-state index contributed by atoms with van der Waals surface area (Å²) in [7, 11) is 5.65. The quantitative estimate of drug-likeness (QED) is 0.475. The minimum Gasteiger partial charge on any atom is -0.0925 e. The van der Waals surface area contributed by atoms with Crippen molar-refractivity contribution in [2.24, 2.45) is 11.8 Å². The first-order valence-corrected chi connectivity index (χ1v) is 5.26. The summed E-state index contributed by atoms with van der Waals surface area (Å²) >= 11 is 3.54. The van der Waals surface area contributed by atoms with Crippen molar-refractivity contribution in [3.05, 3.63) is 0 Å². The largest absolute Gasteiger partial charge is 0.0925 e. The molecule has 0 aromatic rings. The molecule has 1 rings (SSSR count). The van der Waals surface area contributed by atoms with Gasteiger partial charge in [0.05, 0.1) is 7.85 Å². The van der Waals surface area contributed by atoms with Crippen LogP contribution in [0, 0.1) is 11.8 Å². The molecule has 10 heavy (non-hydrogen) atoms. The van der Waals surface area contributed by atoms with Gasteiger partial charge in [-0.3, -0.25) is 0 Å². The van der Waals surface area contributed by atoms with Crippen molar-refractivity contribution in [3.8, 4) is 0 Å². The molecule has 0 aliphatic heterocycles. The molecule has 0 bridgehead atoms. The smallest absolute Gasteiger partial charge is 0.0656 e. The SMILES string of the molecule is [B]C[C@H]1CCCC[C@@H]1CBr. The van der Waals surface area contributed by atoms with Gasteiger partial charge in [-0.25, -0.2) is 0 Å². The van der Waals surface area contributed by atoms with Gasteiger partial charge in [-0.15, -0.1) is 0 Å². The van der Waals surface area contributed by atoms with E-state index in [2.05, 4.69) is 15.9 Å². The van der Waals surface area contributed by atoms with E-state index >= 15 is 0 Å². The summed E-state index contributed by atoms with van der Waals surface area (Å²) in [5.41, 5.74) is 0. The predicted molar refractivity (Wildman–Crippen MR) is 49.8 cm³/mol. The Labute approximate surface area is 73.3 Å². The molecular formula is C8H14BBr. The highest BCUT2D eigenvalue weighted by Gasteiger charge is 2.21. The van der Waals surface area contributed by atoms with Crippen LogP contribution in [0.3, 0.4) is 0 Å². The third kappa shape index (κ3) is 2.01. The fraction of sp³-hybridized carbons (Fsp3) is 1.00. The molecule has 0 amide bonds. The van der Waals surface area contributed by atoms with Crippen molar-refractivity contribution in [3.63, 3.8) is 0 Å². The van der Waals surface area contributed by atoms with E-state index in [4.69, 9.17) is 7.85 Å². The number of rotatable bonds is 2. The van der Waals surface area contributed by atoms with Crippen molar-refractivity contribution in [2.45, 2.75) is 32.0 Å². The first kappa shape index (κ1) is 8.64. The zero-order chi connectivity index (χ0) is 7.40. The third-order valence-corrected chi connectivity index (χ3v) is 3.40. The molecule has 0 aromatic heterocycles. The van der Waals surface area contributed by atoms with Crippen molar-refractivity contribution >= 4 is 23.8 Å². The van der Waals surface area contributed by atoms with Gasteiger partial charge in [-0.05, 0) is 18.3 Å². The number of hydrogen-bond acceptors (Lipinski definition) is 0. The Kier molecular flexibility index (Phi) is 3.83. The van der Waals surface area contributed by atoms with Crippen LogP contribution < -0.4 is 0 Å². The van der Waals surface area contributed by atoms with Crippen LogP contribution in [0.5, 0.6) is 0 Å². The monoisotopic (exact) mass is 200 g/mol. The Balaban J connectivity index is 2.34. The van der Waals surface area contributed by atoms with Crippen LogP contribution in [0.1, 0.15) is 25.7 Å². The predicted octanol–water partition coefficient (Wildman–Crippen LogP) is 2.77. The summed E-state index contributed by atoms with van der Waals surface area (Å²) in [6.45, 7) is 0. The molecule has 0 N–H and O–H groups in total. The Hall–Kier alpha value is 0.545. The van der Waals surface area contributed by atoms with Crippen molar-refractivity contribution in [2.75, 3.05) is 5.33 Å². The third-order valence-electron chi connectivity index (χ3n) is 2.57. The fourth-order valence-electron chi connectivity index (χ4n) is 1.80. The van der Waals surface area contributed by atoms with Crippen molar-refractivity contribution in [1.82, 2.24) is 0 Å². The lowest BCUT2D eigenvalue weighted by molar-refractivity contribution is 0.284. The fourth-order valence-corrected chi connectivity index (χ4v) is 2.65. The molecule has 0 unspecified atom stereocenters. The normalized spacial score (nSPS) is 34.1. The van der Waals surface area contributed by atoms with Gasteiger partial charge in [0.1, 0.15) is 0 Å². The first-order chi connectivity index (χ1) is 4.88. The molecule has 0 aromatic carbocycles. The minimum atomic E-state index is 0.799. The van der Waals surface area contributed by atoms with E-state index in [1.54, 1.807) is 0 Å². The molecule has 1 fully saturated rings. The second kappa shape index (κ2) is 4.43. The van der Waals surface area contributed by atoms with E-state index in [0.29, 0.717) is 0 Å². The van der Waals surface area contributed by atoms with E-state index < -0.39 is 0 Å². The molecule has 1 saturated carbocycles. The average molecular weight is 201 g/mol. The van der Waals surface area contributed by atoms with Gasteiger partial charge in [0.2, 0.25) is 0 Å². The second-order valence-electron chi connectivity index (χ2n) is 3.19. The highest BCUT2D eigenvalue weighted by atomic mass is 79.9. The van der Waals surface area contributed by atoms with Crippen LogP contribution in [0.15, 0.2) is 0 Å². The van der Waals surface area contributed by atoms with Crippen LogP contribution in [0.2, 0.25) is 6.32 Å². The Morgan fingerprint density at radius 2 is 1.80 bits per heavy atom. The molecule has 2 radical (unpaired) electrons. The maximum atomic E-state index is 5.65. The number of alkyl halides is 1. The van der Waals surface area contributed by atoms with Gasteiger partial charge >= 0.3 is 0 Å². The van der Waals surface area contributed by atoms with Crippen LogP contribution >= 0.6 is 15.9 Å². The highest BCUT2D eigenvalue weighted by Crippen LogP contribution is 2.32. The minimum absolute atomic E-state index is 0.799. The van der Waals surface area contributed by atoms with Crippen LogP contribution in [-0.2, 0) is 0 Å². The average Bonchev–Trinajstić information content (AvgIpc) is 2.04. The molecule has 2 atom stereocenters. The topological polar surface area (TPSA) is 0 Å². The molecule has 1 aliphatic carbocycles. The van der Waals surface area contributed by atoms with Crippen LogP contribution in [-0.4, -0.2) is 13.2 Å². The zero-order valence-electron chi connectivity index (χ0n) is 6.35. The zero-order valence-corrected chi connectivity index (χ0v) is 7.94. The van der Waals surface area contributed by atoms with Gasteiger partial charge in [-0.2, -0.15) is 0 Å². The molecular weight excluding hydrogens is 187 g/mol. The second-order valence-corrected chi connectivity index (χ2v) is 3.84.